The van der Waals surface area contributed by atoms with Crippen LogP contribution in [0.25, 0.3) is 11.0 Å². The van der Waals surface area contributed by atoms with Gasteiger partial charge in [-0.1, -0.05) is 12.1 Å². The van der Waals surface area contributed by atoms with Crippen LogP contribution in [0.1, 0.15) is 10.4 Å². The van der Waals surface area contributed by atoms with Gasteiger partial charge < -0.3 is 9.15 Å². The predicted molar refractivity (Wildman–Crippen MR) is 91.6 cm³/mol. The van der Waals surface area contributed by atoms with E-state index in [9.17, 15) is 0 Å². The third-order valence-electron chi connectivity index (χ3n) is 4.38. The Morgan fingerprint density at radius 1 is 1.30 bits per heavy atom. The highest BCUT2D eigenvalue weighted by molar-refractivity contribution is 7.09. The van der Waals surface area contributed by atoms with Crippen molar-refractivity contribution >= 4 is 22.3 Å². The summed E-state index contributed by atoms with van der Waals surface area (Å²) in [5.41, 5.74) is 4.23. The first-order valence-corrected chi connectivity index (χ1v) is 8.89. The lowest BCUT2D eigenvalue weighted by Gasteiger charge is -2.22. The Kier molecular flexibility index (Phi) is 4.41. The molecule has 3 heterocycles. The highest BCUT2D eigenvalue weighted by Crippen LogP contribution is 2.24. The summed E-state index contributed by atoms with van der Waals surface area (Å²) in [6, 6.07) is 8.37. The number of ether oxygens (including phenoxy) is 1. The van der Waals surface area contributed by atoms with Gasteiger partial charge in [-0.05, 0) is 30.0 Å². The zero-order valence-corrected chi connectivity index (χ0v) is 13.8. The molecule has 0 bridgehead atoms. The Bertz CT molecular complexity index is 753. The van der Waals surface area contributed by atoms with Gasteiger partial charge in [0.05, 0.1) is 25.0 Å². The fourth-order valence-electron chi connectivity index (χ4n) is 3.31. The van der Waals surface area contributed by atoms with E-state index in [1.165, 1.54) is 15.8 Å². The molecule has 0 amide bonds. The molecule has 0 N–H and O–H groups in total. The number of aromatic nitrogens is 1. The molecule has 2 aromatic heterocycles. The van der Waals surface area contributed by atoms with E-state index in [1.54, 1.807) is 17.6 Å². The molecule has 1 saturated heterocycles. The second kappa shape index (κ2) is 6.83. The zero-order valence-electron chi connectivity index (χ0n) is 13.0. The summed E-state index contributed by atoms with van der Waals surface area (Å²) >= 11 is 1.73. The minimum absolute atomic E-state index is 0.505. The second-order valence-electron chi connectivity index (χ2n) is 6.10. The number of benzene rings is 1. The monoisotopic (exact) mass is 328 g/mol. The normalized spacial score (nSPS) is 19.9. The van der Waals surface area contributed by atoms with Crippen molar-refractivity contribution in [3.63, 3.8) is 0 Å². The lowest BCUT2D eigenvalue weighted by atomic mass is 9.97. The van der Waals surface area contributed by atoms with Crippen LogP contribution in [0.2, 0.25) is 0 Å². The number of fused-ring (bicyclic) bond motifs is 1. The fraction of sp³-hybridized carbons (Fsp3) is 0.389. The Labute approximate surface area is 139 Å². The molecule has 1 aromatic carbocycles. The van der Waals surface area contributed by atoms with Crippen LogP contribution in [0, 0.1) is 5.92 Å². The molecule has 3 aromatic rings. The molecule has 0 spiro atoms. The van der Waals surface area contributed by atoms with Crippen molar-refractivity contribution in [2.24, 2.45) is 5.92 Å². The van der Waals surface area contributed by atoms with E-state index in [-0.39, 0.29) is 0 Å². The number of hydrogen-bond acceptors (Lipinski definition) is 5. The SMILES string of the molecule is c1cc(CC2COCCN(Cc3cncs3)C2)c2ccoc2c1. The third kappa shape index (κ3) is 3.47. The summed E-state index contributed by atoms with van der Waals surface area (Å²) in [4.78, 5) is 7.98. The molecule has 1 aliphatic heterocycles. The van der Waals surface area contributed by atoms with E-state index in [1.807, 2.05) is 17.8 Å². The Balaban J connectivity index is 1.48. The molecule has 4 rings (SSSR count). The van der Waals surface area contributed by atoms with Crippen molar-refractivity contribution in [3.8, 4) is 0 Å². The number of rotatable bonds is 4. The summed E-state index contributed by atoms with van der Waals surface area (Å²) in [6.07, 6.45) is 4.77. The summed E-state index contributed by atoms with van der Waals surface area (Å²) < 4.78 is 11.4. The van der Waals surface area contributed by atoms with Crippen molar-refractivity contribution in [1.29, 1.82) is 0 Å². The van der Waals surface area contributed by atoms with Gasteiger partial charge in [0.1, 0.15) is 5.58 Å². The van der Waals surface area contributed by atoms with Gasteiger partial charge in [-0.2, -0.15) is 0 Å². The molecule has 120 valence electrons. The maximum atomic E-state index is 5.84. The number of hydrogen-bond donors (Lipinski definition) is 0. The van der Waals surface area contributed by atoms with Crippen molar-refractivity contribution in [2.75, 3.05) is 26.3 Å². The number of furan rings is 1. The Morgan fingerprint density at radius 3 is 3.22 bits per heavy atom. The van der Waals surface area contributed by atoms with E-state index in [2.05, 4.69) is 28.1 Å². The van der Waals surface area contributed by atoms with Crippen molar-refractivity contribution < 1.29 is 9.15 Å². The molecule has 1 atom stereocenters. The van der Waals surface area contributed by atoms with Gasteiger partial charge in [-0.3, -0.25) is 9.88 Å². The van der Waals surface area contributed by atoms with Crippen LogP contribution in [0.15, 0.2) is 46.7 Å². The highest BCUT2D eigenvalue weighted by atomic mass is 32.1. The van der Waals surface area contributed by atoms with E-state index in [0.29, 0.717) is 5.92 Å². The zero-order chi connectivity index (χ0) is 15.5. The Hall–Kier alpha value is -1.69. The first-order valence-electron chi connectivity index (χ1n) is 8.01. The lowest BCUT2D eigenvalue weighted by Crippen LogP contribution is -2.30. The predicted octanol–water partition coefficient (Wildman–Crippen LogP) is 3.58. The molecule has 5 heteroatoms. The van der Waals surface area contributed by atoms with Gasteiger partial charge >= 0.3 is 0 Å². The average molecular weight is 328 g/mol. The van der Waals surface area contributed by atoms with Crippen molar-refractivity contribution in [3.05, 3.63) is 52.7 Å². The minimum Gasteiger partial charge on any atom is -0.464 e. The lowest BCUT2D eigenvalue weighted by molar-refractivity contribution is 0.122. The smallest absolute Gasteiger partial charge is 0.134 e. The molecule has 4 nitrogen and oxygen atoms in total. The summed E-state index contributed by atoms with van der Waals surface area (Å²) in [7, 11) is 0. The first kappa shape index (κ1) is 14.9. The van der Waals surface area contributed by atoms with Gasteiger partial charge in [0.2, 0.25) is 0 Å². The van der Waals surface area contributed by atoms with Crippen LogP contribution >= 0.6 is 11.3 Å². The van der Waals surface area contributed by atoms with Crippen LogP contribution in [0.3, 0.4) is 0 Å². The van der Waals surface area contributed by atoms with Gasteiger partial charge in [0.25, 0.3) is 0 Å². The average Bonchev–Trinajstić information content (AvgIpc) is 3.18. The van der Waals surface area contributed by atoms with E-state index in [4.69, 9.17) is 9.15 Å². The summed E-state index contributed by atoms with van der Waals surface area (Å²) in [5.74, 6) is 0.505. The molecular formula is C18H20N2O2S. The van der Waals surface area contributed by atoms with E-state index in [0.717, 1.165) is 44.9 Å². The molecule has 0 aliphatic carbocycles. The Morgan fingerprint density at radius 2 is 2.30 bits per heavy atom. The van der Waals surface area contributed by atoms with Crippen LogP contribution in [0.4, 0.5) is 0 Å². The molecule has 1 fully saturated rings. The quantitative estimate of drug-likeness (QED) is 0.734. The van der Waals surface area contributed by atoms with Gasteiger partial charge in [-0.15, -0.1) is 11.3 Å². The van der Waals surface area contributed by atoms with Crippen molar-refractivity contribution in [2.45, 2.75) is 13.0 Å². The summed E-state index contributed by atoms with van der Waals surface area (Å²) in [6.45, 7) is 4.66. The van der Waals surface area contributed by atoms with Crippen LogP contribution in [-0.2, 0) is 17.7 Å². The fourth-order valence-corrected chi connectivity index (χ4v) is 3.94. The van der Waals surface area contributed by atoms with Gasteiger partial charge in [0.15, 0.2) is 0 Å². The van der Waals surface area contributed by atoms with Crippen LogP contribution in [0.5, 0.6) is 0 Å². The highest BCUT2D eigenvalue weighted by Gasteiger charge is 2.20. The maximum Gasteiger partial charge on any atom is 0.134 e. The molecule has 23 heavy (non-hydrogen) atoms. The number of thiazole rings is 1. The molecule has 0 radical (unpaired) electrons. The molecule has 0 saturated carbocycles. The molecule has 1 unspecified atom stereocenters. The van der Waals surface area contributed by atoms with Crippen molar-refractivity contribution in [1.82, 2.24) is 9.88 Å². The van der Waals surface area contributed by atoms with Crippen LogP contribution in [-0.4, -0.2) is 36.2 Å². The van der Waals surface area contributed by atoms with Gasteiger partial charge in [-0.25, -0.2) is 0 Å². The maximum absolute atomic E-state index is 5.84. The topological polar surface area (TPSA) is 38.5 Å². The largest absolute Gasteiger partial charge is 0.464 e. The standard InChI is InChI=1S/C18H20N2O2S/c1-2-15(17-4-6-22-18(17)3-1)8-14-10-20(5-7-21-12-14)11-16-9-19-13-23-16/h1-4,6,9,13-14H,5,7-8,10-12H2. The first-order chi connectivity index (χ1) is 11.4. The van der Waals surface area contributed by atoms with Crippen LogP contribution < -0.4 is 0 Å². The number of nitrogens with zero attached hydrogens (tertiary/aromatic N) is 2. The minimum atomic E-state index is 0.505. The van der Waals surface area contributed by atoms with E-state index >= 15 is 0 Å². The second-order valence-corrected chi connectivity index (χ2v) is 7.07. The third-order valence-corrected chi connectivity index (χ3v) is 5.14. The van der Waals surface area contributed by atoms with Gasteiger partial charge in [0, 0.05) is 36.1 Å². The molecular weight excluding hydrogens is 308 g/mol. The summed E-state index contributed by atoms with van der Waals surface area (Å²) in [5, 5.41) is 1.23. The van der Waals surface area contributed by atoms with E-state index < -0.39 is 0 Å². The molecule has 1 aliphatic rings.